The van der Waals surface area contributed by atoms with Crippen LogP contribution in [0.4, 0.5) is 0 Å². The molecular formula is C13H15Cl2NO3S. The topological polar surface area (TPSA) is 46.6 Å². The van der Waals surface area contributed by atoms with Gasteiger partial charge in [0.05, 0.1) is 17.9 Å². The summed E-state index contributed by atoms with van der Waals surface area (Å²) in [5, 5.41) is 1.11. The summed E-state index contributed by atoms with van der Waals surface area (Å²) in [6, 6.07) is 5.08. The normalized spacial score (nSPS) is 10.2. The number of likely N-dealkylation sites (N-methyl/N-ethyl adjacent to an activating group) is 1. The van der Waals surface area contributed by atoms with E-state index in [0.29, 0.717) is 16.6 Å². The van der Waals surface area contributed by atoms with Gasteiger partial charge in [-0.15, -0.1) is 11.8 Å². The van der Waals surface area contributed by atoms with Crippen molar-refractivity contribution in [2.75, 3.05) is 26.0 Å². The molecule has 1 rings (SSSR count). The van der Waals surface area contributed by atoms with E-state index in [2.05, 4.69) is 4.74 Å². The third-order valence-corrected chi connectivity index (χ3v) is 4.24. The molecule has 0 saturated carbocycles. The van der Waals surface area contributed by atoms with Gasteiger partial charge < -0.3 is 9.64 Å². The Morgan fingerprint density at radius 1 is 1.35 bits per heavy atom. The molecule has 0 saturated heterocycles. The average Bonchev–Trinajstić information content (AvgIpc) is 2.44. The van der Waals surface area contributed by atoms with Crippen LogP contribution in [0, 0.1) is 0 Å². The molecule has 4 nitrogen and oxygen atoms in total. The maximum absolute atomic E-state index is 12.0. The van der Waals surface area contributed by atoms with Crippen LogP contribution in [0.3, 0.4) is 0 Å². The van der Waals surface area contributed by atoms with E-state index in [1.54, 1.807) is 25.1 Å². The van der Waals surface area contributed by atoms with Crippen molar-refractivity contribution < 1.29 is 14.3 Å². The monoisotopic (exact) mass is 335 g/mol. The molecule has 0 fully saturated rings. The highest BCUT2D eigenvalue weighted by atomic mass is 35.5. The smallest absolute Gasteiger partial charge is 0.325 e. The number of hydrogen-bond donors (Lipinski definition) is 0. The summed E-state index contributed by atoms with van der Waals surface area (Å²) < 4.78 is 4.55. The zero-order valence-electron chi connectivity index (χ0n) is 11.2. The Bertz CT molecular complexity index is 497. The number of amides is 1. The average molecular weight is 336 g/mol. The van der Waals surface area contributed by atoms with Crippen LogP contribution in [0.1, 0.15) is 6.92 Å². The van der Waals surface area contributed by atoms with E-state index in [9.17, 15) is 9.59 Å². The zero-order valence-corrected chi connectivity index (χ0v) is 13.5. The number of carbonyl (C=O) groups is 2. The van der Waals surface area contributed by atoms with Crippen LogP contribution in [0.15, 0.2) is 23.1 Å². The van der Waals surface area contributed by atoms with E-state index in [1.807, 2.05) is 0 Å². The van der Waals surface area contributed by atoms with Crippen LogP contribution in [0.2, 0.25) is 10.0 Å². The van der Waals surface area contributed by atoms with Gasteiger partial charge in [-0.25, -0.2) is 0 Å². The fraction of sp³-hybridized carbons (Fsp3) is 0.385. The first-order valence-electron chi connectivity index (χ1n) is 5.90. The van der Waals surface area contributed by atoms with Crippen LogP contribution >= 0.6 is 35.0 Å². The van der Waals surface area contributed by atoms with Crippen LogP contribution in [0.5, 0.6) is 0 Å². The number of halogens is 2. The number of benzene rings is 1. The van der Waals surface area contributed by atoms with Gasteiger partial charge in [0, 0.05) is 16.5 Å². The van der Waals surface area contributed by atoms with E-state index in [4.69, 9.17) is 23.2 Å². The van der Waals surface area contributed by atoms with Gasteiger partial charge in [-0.3, -0.25) is 9.59 Å². The Morgan fingerprint density at radius 3 is 2.65 bits per heavy atom. The molecule has 0 atom stereocenters. The largest absolute Gasteiger partial charge is 0.468 e. The van der Waals surface area contributed by atoms with Gasteiger partial charge in [0.2, 0.25) is 5.91 Å². The first-order chi connectivity index (χ1) is 9.47. The van der Waals surface area contributed by atoms with Crippen molar-refractivity contribution in [2.24, 2.45) is 0 Å². The highest BCUT2D eigenvalue weighted by molar-refractivity contribution is 8.00. The molecule has 0 aromatic heterocycles. The number of esters is 1. The Kier molecular flexibility index (Phi) is 7.19. The number of carbonyl (C=O) groups excluding carboxylic acids is 2. The molecule has 0 aliphatic heterocycles. The van der Waals surface area contributed by atoms with Crippen molar-refractivity contribution in [3.05, 3.63) is 28.2 Å². The summed E-state index contributed by atoms with van der Waals surface area (Å²) in [5.41, 5.74) is 0. The molecule has 110 valence electrons. The van der Waals surface area contributed by atoms with Gasteiger partial charge in [-0.2, -0.15) is 0 Å². The third-order valence-electron chi connectivity index (χ3n) is 2.53. The van der Waals surface area contributed by atoms with Gasteiger partial charge >= 0.3 is 5.97 Å². The van der Waals surface area contributed by atoms with Crippen molar-refractivity contribution in [3.63, 3.8) is 0 Å². The van der Waals surface area contributed by atoms with Crippen molar-refractivity contribution in [1.29, 1.82) is 0 Å². The standard InChI is InChI=1S/C13H15Cl2NO3S/c1-3-16(7-13(18)19-2)12(17)8-20-11-6-9(14)4-5-10(11)15/h4-6H,3,7-8H2,1-2H3. The Balaban J connectivity index is 2.61. The van der Waals surface area contributed by atoms with E-state index in [-0.39, 0.29) is 18.2 Å². The SMILES string of the molecule is CCN(CC(=O)OC)C(=O)CSc1cc(Cl)ccc1Cl. The number of methoxy groups -OCH3 is 1. The maximum atomic E-state index is 12.0. The van der Waals surface area contributed by atoms with Gasteiger partial charge in [-0.05, 0) is 25.1 Å². The molecule has 1 aromatic rings. The Labute approximate surface area is 132 Å². The van der Waals surface area contributed by atoms with Crippen molar-refractivity contribution in [3.8, 4) is 0 Å². The fourth-order valence-corrected chi connectivity index (χ4v) is 2.81. The van der Waals surface area contributed by atoms with Crippen molar-refractivity contribution >= 4 is 46.8 Å². The number of thioether (sulfide) groups is 1. The minimum Gasteiger partial charge on any atom is -0.468 e. The molecule has 0 unspecified atom stereocenters. The molecule has 0 aliphatic rings. The highest BCUT2D eigenvalue weighted by Crippen LogP contribution is 2.29. The summed E-state index contributed by atoms with van der Waals surface area (Å²) in [6.45, 7) is 2.20. The molecule has 0 radical (unpaired) electrons. The van der Waals surface area contributed by atoms with Crippen LogP contribution < -0.4 is 0 Å². The first kappa shape index (κ1) is 17.1. The lowest BCUT2D eigenvalue weighted by Gasteiger charge is -2.19. The zero-order chi connectivity index (χ0) is 15.1. The maximum Gasteiger partial charge on any atom is 0.325 e. The van der Waals surface area contributed by atoms with Crippen LogP contribution in [-0.2, 0) is 14.3 Å². The van der Waals surface area contributed by atoms with Gasteiger partial charge in [0.1, 0.15) is 6.54 Å². The fourth-order valence-electron chi connectivity index (χ4n) is 1.42. The summed E-state index contributed by atoms with van der Waals surface area (Å²) >= 11 is 13.2. The number of nitrogens with zero attached hydrogens (tertiary/aromatic N) is 1. The predicted octanol–water partition coefficient (Wildman–Crippen LogP) is 3.11. The second-order valence-corrected chi connectivity index (χ2v) is 5.71. The molecule has 0 bridgehead atoms. The molecule has 0 heterocycles. The van der Waals surface area contributed by atoms with Crippen LogP contribution in [-0.4, -0.2) is 42.7 Å². The summed E-state index contributed by atoms with van der Waals surface area (Å²) in [4.78, 5) is 25.4. The second-order valence-electron chi connectivity index (χ2n) is 3.85. The molecule has 20 heavy (non-hydrogen) atoms. The quantitative estimate of drug-likeness (QED) is 0.592. The summed E-state index contributed by atoms with van der Waals surface area (Å²) in [5.74, 6) is -0.407. The lowest BCUT2D eigenvalue weighted by atomic mass is 10.4. The number of hydrogen-bond acceptors (Lipinski definition) is 4. The highest BCUT2D eigenvalue weighted by Gasteiger charge is 2.16. The van der Waals surface area contributed by atoms with Gasteiger partial charge in [0.25, 0.3) is 0 Å². The Hall–Kier alpha value is -0.910. The van der Waals surface area contributed by atoms with E-state index >= 15 is 0 Å². The van der Waals surface area contributed by atoms with Gasteiger partial charge in [0.15, 0.2) is 0 Å². The lowest BCUT2D eigenvalue weighted by molar-refractivity contribution is -0.146. The van der Waals surface area contributed by atoms with E-state index < -0.39 is 5.97 Å². The van der Waals surface area contributed by atoms with Crippen molar-refractivity contribution in [1.82, 2.24) is 4.90 Å². The summed E-state index contributed by atoms with van der Waals surface area (Å²) in [6.07, 6.45) is 0. The molecule has 0 aliphatic carbocycles. The molecule has 0 N–H and O–H groups in total. The Morgan fingerprint density at radius 2 is 2.05 bits per heavy atom. The molecule has 1 aromatic carbocycles. The minimum atomic E-state index is -0.439. The molecular weight excluding hydrogens is 321 g/mol. The second kappa shape index (κ2) is 8.39. The summed E-state index contributed by atoms with van der Waals surface area (Å²) in [7, 11) is 1.29. The van der Waals surface area contributed by atoms with Gasteiger partial charge in [-0.1, -0.05) is 23.2 Å². The number of rotatable bonds is 6. The number of ether oxygens (including phenoxy) is 1. The predicted molar refractivity (Wildman–Crippen MR) is 81.5 cm³/mol. The molecule has 1 amide bonds. The van der Waals surface area contributed by atoms with E-state index in [0.717, 1.165) is 4.90 Å². The molecule has 0 spiro atoms. The van der Waals surface area contributed by atoms with E-state index in [1.165, 1.54) is 23.8 Å². The van der Waals surface area contributed by atoms with Crippen LogP contribution in [0.25, 0.3) is 0 Å². The first-order valence-corrected chi connectivity index (χ1v) is 7.64. The lowest BCUT2D eigenvalue weighted by Crippen LogP contribution is -2.37. The third kappa shape index (κ3) is 5.23. The molecule has 7 heteroatoms. The minimum absolute atomic E-state index is 0.0460. The van der Waals surface area contributed by atoms with Crippen molar-refractivity contribution in [2.45, 2.75) is 11.8 Å².